The van der Waals surface area contributed by atoms with Crippen LogP contribution in [0, 0.1) is 5.82 Å². The summed E-state index contributed by atoms with van der Waals surface area (Å²) in [5, 5.41) is 0.0355. The molecule has 4 nitrogen and oxygen atoms in total. The number of alkyl halides is 4. The van der Waals surface area contributed by atoms with Crippen LogP contribution in [-0.2, 0) is 21.3 Å². The lowest BCUT2D eigenvalue weighted by Gasteiger charge is -2.12. The van der Waals surface area contributed by atoms with Gasteiger partial charge >= 0.3 is 12.3 Å². The predicted octanol–water partition coefficient (Wildman–Crippen LogP) is 2.73. The Bertz CT molecular complexity index is 479. The topological polar surface area (TPSA) is 48.4 Å². The largest absolute Gasteiger partial charge is 0.574 e. The van der Waals surface area contributed by atoms with E-state index in [0.717, 1.165) is 13.2 Å². The van der Waals surface area contributed by atoms with Gasteiger partial charge in [-0.25, -0.2) is 9.37 Å². The van der Waals surface area contributed by atoms with Crippen molar-refractivity contribution in [3.05, 3.63) is 23.1 Å². The summed E-state index contributed by atoms with van der Waals surface area (Å²) in [5.74, 6) is -3.15. The number of esters is 1. The molecule has 0 N–H and O–H groups in total. The Labute approximate surface area is 113 Å². The van der Waals surface area contributed by atoms with Gasteiger partial charge in [-0.15, -0.1) is 13.2 Å². The van der Waals surface area contributed by atoms with Crippen molar-refractivity contribution in [2.75, 3.05) is 7.11 Å². The first-order valence-electron chi connectivity index (χ1n) is 4.83. The van der Waals surface area contributed by atoms with Gasteiger partial charge in [0.15, 0.2) is 5.82 Å². The molecule has 1 aromatic rings. The SMILES string of the molecule is COC(=O)Cc1cc(F)c(OC(F)(F)F)nc1CBr. The van der Waals surface area contributed by atoms with Gasteiger partial charge in [0.05, 0.1) is 19.2 Å². The molecule has 0 atom stereocenters. The lowest BCUT2D eigenvalue weighted by Crippen LogP contribution is -2.20. The van der Waals surface area contributed by atoms with Gasteiger partial charge in [-0.1, -0.05) is 15.9 Å². The molecule has 0 saturated heterocycles. The van der Waals surface area contributed by atoms with Gasteiger partial charge in [-0.2, -0.15) is 0 Å². The number of carbonyl (C=O) groups excluding carboxylic acids is 1. The average Bonchev–Trinajstić information content (AvgIpc) is 2.30. The second-order valence-electron chi connectivity index (χ2n) is 3.32. The van der Waals surface area contributed by atoms with Crippen LogP contribution in [0.3, 0.4) is 0 Å². The summed E-state index contributed by atoms with van der Waals surface area (Å²) < 4.78 is 57.2. The third kappa shape index (κ3) is 4.66. The minimum absolute atomic E-state index is 0.0355. The van der Waals surface area contributed by atoms with Crippen LogP contribution >= 0.6 is 15.9 Å². The zero-order chi connectivity index (χ0) is 14.6. The quantitative estimate of drug-likeness (QED) is 0.478. The van der Waals surface area contributed by atoms with Crippen LogP contribution in [0.1, 0.15) is 11.3 Å². The Balaban J connectivity index is 3.10. The van der Waals surface area contributed by atoms with E-state index < -0.39 is 24.0 Å². The van der Waals surface area contributed by atoms with Crippen molar-refractivity contribution in [3.63, 3.8) is 0 Å². The zero-order valence-electron chi connectivity index (χ0n) is 9.55. The highest BCUT2D eigenvalue weighted by Crippen LogP contribution is 2.26. The summed E-state index contributed by atoms with van der Waals surface area (Å²) in [4.78, 5) is 14.5. The van der Waals surface area contributed by atoms with E-state index in [2.05, 4.69) is 30.4 Å². The monoisotopic (exact) mass is 345 g/mol. The first-order valence-corrected chi connectivity index (χ1v) is 5.95. The Morgan fingerprint density at radius 3 is 2.58 bits per heavy atom. The molecule has 19 heavy (non-hydrogen) atoms. The van der Waals surface area contributed by atoms with Crippen molar-refractivity contribution in [3.8, 4) is 5.88 Å². The molecular formula is C10H8BrF4NO3. The Kier molecular flexibility index (Phi) is 5.10. The van der Waals surface area contributed by atoms with E-state index >= 15 is 0 Å². The van der Waals surface area contributed by atoms with E-state index in [4.69, 9.17) is 0 Å². The highest BCUT2D eigenvalue weighted by molar-refractivity contribution is 9.08. The summed E-state index contributed by atoms with van der Waals surface area (Å²) in [6, 6.07) is 0.765. The van der Waals surface area contributed by atoms with Crippen LogP contribution in [-0.4, -0.2) is 24.4 Å². The average molecular weight is 346 g/mol. The van der Waals surface area contributed by atoms with Crippen molar-refractivity contribution in [2.45, 2.75) is 18.1 Å². The highest BCUT2D eigenvalue weighted by Gasteiger charge is 2.33. The molecule has 1 aromatic heterocycles. The van der Waals surface area contributed by atoms with Gasteiger partial charge in [0.25, 0.3) is 5.88 Å². The minimum Gasteiger partial charge on any atom is -0.469 e. The van der Waals surface area contributed by atoms with Crippen LogP contribution in [0.2, 0.25) is 0 Å². The van der Waals surface area contributed by atoms with E-state index in [9.17, 15) is 22.4 Å². The second kappa shape index (κ2) is 6.18. The van der Waals surface area contributed by atoms with Crippen molar-refractivity contribution in [2.24, 2.45) is 0 Å². The number of pyridine rings is 1. The number of hydrogen-bond acceptors (Lipinski definition) is 4. The Morgan fingerprint density at radius 2 is 2.11 bits per heavy atom. The number of rotatable bonds is 4. The van der Waals surface area contributed by atoms with Crippen molar-refractivity contribution in [1.82, 2.24) is 4.98 Å². The van der Waals surface area contributed by atoms with E-state index in [1.165, 1.54) is 0 Å². The normalized spacial score (nSPS) is 11.3. The lowest BCUT2D eigenvalue weighted by molar-refractivity contribution is -0.277. The summed E-state index contributed by atoms with van der Waals surface area (Å²) >= 11 is 2.98. The van der Waals surface area contributed by atoms with Gasteiger partial charge in [0.2, 0.25) is 0 Å². The number of ether oxygens (including phenoxy) is 2. The van der Waals surface area contributed by atoms with Crippen molar-refractivity contribution >= 4 is 21.9 Å². The Hall–Kier alpha value is -1.38. The van der Waals surface area contributed by atoms with Crippen LogP contribution < -0.4 is 4.74 Å². The fraction of sp³-hybridized carbons (Fsp3) is 0.400. The molecule has 0 bridgehead atoms. The number of hydrogen-bond donors (Lipinski definition) is 0. The molecule has 0 aliphatic heterocycles. The minimum atomic E-state index is -5.04. The summed E-state index contributed by atoms with van der Waals surface area (Å²) in [7, 11) is 1.14. The van der Waals surface area contributed by atoms with Crippen molar-refractivity contribution < 1.29 is 31.8 Å². The van der Waals surface area contributed by atoms with Crippen LogP contribution in [0.15, 0.2) is 6.07 Å². The van der Waals surface area contributed by atoms with Gasteiger partial charge in [-0.05, 0) is 11.6 Å². The molecule has 0 amide bonds. The maximum Gasteiger partial charge on any atom is 0.574 e. The smallest absolute Gasteiger partial charge is 0.469 e. The molecule has 0 aliphatic carbocycles. The molecule has 106 valence electrons. The fourth-order valence-electron chi connectivity index (χ4n) is 1.22. The zero-order valence-corrected chi connectivity index (χ0v) is 11.1. The third-order valence-corrected chi connectivity index (χ3v) is 2.55. The van der Waals surface area contributed by atoms with E-state index in [-0.39, 0.29) is 23.0 Å². The fourth-order valence-corrected chi connectivity index (χ4v) is 1.71. The lowest BCUT2D eigenvalue weighted by atomic mass is 10.1. The molecular weight excluding hydrogens is 338 g/mol. The molecule has 1 rings (SSSR count). The first-order chi connectivity index (χ1) is 8.76. The third-order valence-electron chi connectivity index (χ3n) is 2.01. The second-order valence-corrected chi connectivity index (χ2v) is 3.88. The number of methoxy groups -OCH3 is 1. The van der Waals surface area contributed by atoms with E-state index in [1.807, 2.05) is 0 Å². The van der Waals surface area contributed by atoms with Crippen molar-refractivity contribution in [1.29, 1.82) is 0 Å². The van der Waals surface area contributed by atoms with Gasteiger partial charge < -0.3 is 9.47 Å². The number of halogens is 5. The van der Waals surface area contributed by atoms with E-state index in [1.54, 1.807) is 0 Å². The number of aromatic nitrogens is 1. The highest BCUT2D eigenvalue weighted by atomic mass is 79.9. The summed E-state index contributed by atoms with van der Waals surface area (Å²) in [6.45, 7) is 0. The maximum atomic E-state index is 13.4. The number of carbonyl (C=O) groups is 1. The van der Waals surface area contributed by atoms with E-state index in [0.29, 0.717) is 0 Å². The van der Waals surface area contributed by atoms with Gasteiger partial charge in [-0.3, -0.25) is 4.79 Å². The Morgan fingerprint density at radius 1 is 1.47 bits per heavy atom. The summed E-state index contributed by atoms with van der Waals surface area (Å²) in [5.41, 5.74) is 0.182. The van der Waals surface area contributed by atoms with Crippen LogP contribution in [0.4, 0.5) is 17.6 Å². The molecule has 0 aromatic carbocycles. The number of nitrogens with zero attached hydrogens (tertiary/aromatic N) is 1. The molecule has 9 heteroatoms. The molecule has 0 fully saturated rings. The summed E-state index contributed by atoms with van der Waals surface area (Å²) in [6.07, 6.45) is -5.34. The molecule has 0 aliphatic rings. The van der Waals surface area contributed by atoms with Gasteiger partial charge in [0.1, 0.15) is 0 Å². The molecule has 0 saturated carbocycles. The van der Waals surface area contributed by atoms with Gasteiger partial charge in [0, 0.05) is 5.33 Å². The molecule has 0 radical (unpaired) electrons. The molecule has 1 heterocycles. The van der Waals surface area contributed by atoms with Crippen LogP contribution in [0.5, 0.6) is 5.88 Å². The maximum absolute atomic E-state index is 13.4. The first kappa shape index (κ1) is 15.7. The standard InChI is InChI=1S/C10H8BrF4NO3/c1-18-8(17)3-5-2-6(12)9(16-7(5)4-11)19-10(13,14)15/h2H,3-4H2,1H3. The van der Waals surface area contributed by atoms with Crippen LogP contribution in [0.25, 0.3) is 0 Å². The molecule has 0 unspecified atom stereocenters. The molecule has 0 spiro atoms. The predicted molar refractivity (Wildman–Crippen MR) is 59.2 cm³/mol.